The highest BCUT2D eigenvalue weighted by molar-refractivity contribution is 5.49. The van der Waals surface area contributed by atoms with E-state index >= 15 is 0 Å². The van der Waals surface area contributed by atoms with E-state index in [0.717, 1.165) is 5.56 Å². The van der Waals surface area contributed by atoms with E-state index in [-0.39, 0.29) is 19.0 Å². The van der Waals surface area contributed by atoms with Crippen LogP contribution in [0.1, 0.15) is 12.0 Å². The van der Waals surface area contributed by atoms with E-state index in [4.69, 9.17) is 20.6 Å². The summed E-state index contributed by atoms with van der Waals surface area (Å²) in [6.07, 6.45) is 9.62. The Morgan fingerprint density at radius 2 is 2.05 bits per heavy atom. The van der Waals surface area contributed by atoms with Gasteiger partial charge in [0.1, 0.15) is 6.61 Å². The maximum atomic E-state index is 5.59. The first kappa shape index (κ1) is 13.8. The van der Waals surface area contributed by atoms with Crippen molar-refractivity contribution in [3.05, 3.63) is 42.0 Å². The third-order valence-corrected chi connectivity index (χ3v) is 2.80. The summed E-state index contributed by atoms with van der Waals surface area (Å²) in [6, 6.07) is 10.1. The maximum Gasteiger partial charge on any atom is 0.160 e. The van der Waals surface area contributed by atoms with Gasteiger partial charge in [-0.2, -0.15) is 0 Å². The van der Waals surface area contributed by atoms with Crippen molar-refractivity contribution in [2.75, 3.05) is 19.8 Å². The van der Waals surface area contributed by atoms with Gasteiger partial charge in [-0.1, -0.05) is 48.4 Å². The molecule has 3 nitrogen and oxygen atoms in total. The van der Waals surface area contributed by atoms with Crippen LogP contribution in [-0.4, -0.2) is 32.2 Å². The van der Waals surface area contributed by atoms with Crippen molar-refractivity contribution < 1.29 is 14.2 Å². The Morgan fingerprint density at radius 3 is 2.74 bits per heavy atom. The van der Waals surface area contributed by atoms with Crippen molar-refractivity contribution in [3.63, 3.8) is 0 Å². The molecule has 100 valence electrons. The molecule has 1 fully saturated rings. The molecule has 0 spiro atoms. The van der Waals surface area contributed by atoms with Gasteiger partial charge >= 0.3 is 0 Å². The summed E-state index contributed by atoms with van der Waals surface area (Å²) in [7, 11) is 0. The molecule has 19 heavy (non-hydrogen) atoms. The Kier molecular flexibility index (Phi) is 5.64. The predicted octanol–water partition coefficient (Wildman–Crippen LogP) is 2.48. The largest absolute Gasteiger partial charge is 0.361 e. The molecule has 0 N–H and O–H groups in total. The SMILES string of the molecule is C#CCOC(/C=C/c1ccccc1)CC1OCCO1. The Morgan fingerprint density at radius 1 is 1.32 bits per heavy atom. The predicted molar refractivity (Wildman–Crippen MR) is 74.4 cm³/mol. The van der Waals surface area contributed by atoms with Gasteiger partial charge in [-0.25, -0.2) is 0 Å². The van der Waals surface area contributed by atoms with E-state index in [1.807, 2.05) is 42.5 Å². The lowest BCUT2D eigenvalue weighted by Crippen LogP contribution is -2.20. The van der Waals surface area contributed by atoms with Crippen molar-refractivity contribution >= 4 is 6.08 Å². The molecule has 0 bridgehead atoms. The second kappa shape index (κ2) is 7.75. The van der Waals surface area contributed by atoms with Crippen LogP contribution in [0.4, 0.5) is 0 Å². The lowest BCUT2D eigenvalue weighted by atomic mass is 10.1. The van der Waals surface area contributed by atoms with Crippen LogP contribution in [0, 0.1) is 12.3 Å². The van der Waals surface area contributed by atoms with Crippen LogP contribution >= 0.6 is 0 Å². The summed E-state index contributed by atoms with van der Waals surface area (Å²) in [5.74, 6) is 2.48. The minimum Gasteiger partial charge on any atom is -0.361 e. The summed E-state index contributed by atoms with van der Waals surface area (Å²) >= 11 is 0. The number of benzene rings is 1. The third-order valence-electron chi connectivity index (χ3n) is 2.80. The summed E-state index contributed by atoms with van der Waals surface area (Å²) in [6.45, 7) is 1.58. The average Bonchev–Trinajstić information content (AvgIpc) is 2.96. The Balaban J connectivity index is 1.92. The smallest absolute Gasteiger partial charge is 0.160 e. The molecule has 0 aliphatic carbocycles. The molecule has 1 unspecified atom stereocenters. The number of hydrogen-bond donors (Lipinski definition) is 0. The van der Waals surface area contributed by atoms with E-state index in [1.54, 1.807) is 0 Å². The first-order valence-corrected chi connectivity index (χ1v) is 6.40. The van der Waals surface area contributed by atoms with E-state index in [2.05, 4.69) is 5.92 Å². The van der Waals surface area contributed by atoms with Crippen LogP contribution in [0.2, 0.25) is 0 Å². The Labute approximate surface area is 114 Å². The molecule has 2 rings (SSSR count). The topological polar surface area (TPSA) is 27.7 Å². The van der Waals surface area contributed by atoms with Gasteiger partial charge in [0.15, 0.2) is 6.29 Å². The Hall–Kier alpha value is -1.60. The molecular weight excluding hydrogens is 240 g/mol. The van der Waals surface area contributed by atoms with Crippen molar-refractivity contribution in [2.45, 2.75) is 18.8 Å². The molecule has 1 aromatic rings. The van der Waals surface area contributed by atoms with E-state index in [1.165, 1.54) is 0 Å². The van der Waals surface area contributed by atoms with Gasteiger partial charge in [0.2, 0.25) is 0 Å². The second-order valence-electron chi connectivity index (χ2n) is 4.23. The van der Waals surface area contributed by atoms with Gasteiger partial charge in [-0.15, -0.1) is 6.42 Å². The summed E-state index contributed by atoms with van der Waals surface area (Å²) in [4.78, 5) is 0. The lowest BCUT2D eigenvalue weighted by Gasteiger charge is -2.16. The fourth-order valence-electron chi connectivity index (χ4n) is 1.87. The first-order chi connectivity index (χ1) is 9.38. The zero-order valence-electron chi connectivity index (χ0n) is 10.8. The molecule has 0 radical (unpaired) electrons. The van der Waals surface area contributed by atoms with Crippen LogP contribution in [0.15, 0.2) is 36.4 Å². The normalized spacial score (nSPS) is 17.6. The molecule has 0 saturated carbocycles. The number of terminal acetylenes is 1. The Bertz CT molecular complexity index is 427. The minimum absolute atomic E-state index is 0.0978. The molecular formula is C16H18O3. The molecule has 1 atom stereocenters. The van der Waals surface area contributed by atoms with Crippen molar-refractivity contribution in [1.82, 2.24) is 0 Å². The molecule has 0 amide bonds. The molecule has 1 aliphatic rings. The highest BCUT2D eigenvalue weighted by Crippen LogP contribution is 2.14. The van der Waals surface area contributed by atoms with Gasteiger partial charge in [0, 0.05) is 6.42 Å². The summed E-state index contributed by atoms with van der Waals surface area (Å²) < 4.78 is 16.4. The van der Waals surface area contributed by atoms with Crippen LogP contribution in [-0.2, 0) is 14.2 Å². The fourth-order valence-corrected chi connectivity index (χ4v) is 1.87. The summed E-state index contributed by atoms with van der Waals surface area (Å²) in [5.41, 5.74) is 1.13. The van der Waals surface area contributed by atoms with E-state index < -0.39 is 0 Å². The lowest BCUT2D eigenvalue weighted by molar-refractivity contribution is -0.0713. The maximum absolute atomic E-state index is 5.59. The second-order valence-corrected chi connectivity index (χ2v) is 4.23. The van der Waals surface area contributed by atoms with E-state index in [9.17, 15) is 0 Å². The zero-order chi connectivity index (χ0) is 13.3. The zero-order valence-corrected chi connectivity index (χ0v) is 10.8. The fraction of sp³-hybridized carbons (Fsp3) is 0.375. The monoisotopic (exact) mass is 258 g/mol. The first-order valence-electron chi connectivity index (χ1n) is 6.40. The van der Waals surface area contributed by atoms with Gasteiger partial charge in [0.05, 0.1) is 19.3 Å². The third kappa shape index (κ3) is 4.88. The molecule has 1 aliphatic heterocycles. The van der Waals surface area contributed by atoms with Crippen LogP contribution in [0.3, 0.4) is 0 Å². The highest BCUT2D eigenvalue weighted by atomic mass is 16.7. The minimum atomic E-state index is -0.191. The van der Waals surface area contributed by atoms with Crippen LogP contribution < -0.4 is 0 Å². The summed E-state index contributed by atoms with van der Waals surface area (Å²) in [5, 5.41) is 0. The molecule has 1 aromatic carbocycles. The van der Waals surface area contributed by atoms with Crippen LogP contribution in [0.5, 0.6) is 0 Å². The van der Waals surface area contributed by atoms with Crippen molar-refractivity contribution in [2.24, 2.45) is 0 Å². The van der Waals surface area contributed by atoms with Gasteiger partial charge < -0.3 is 14.2 Å². The molecule has 0 aromatic heterocycles. The molecule has 3 heteroatoms. The van der Waals surface area contributed by atoms with Gasteiger partial charge in [-0.3, -0.25) is 0 Å². The van der Waals surface area contributed by atoms with Gasteiger partial charge in [0.25, 0.3) is 0 Å². The van der Waals surface area contributed by atoms with E-state index in [0.29, 0.717) is 19.6 Å². The van der Waals surface area contributed by atoms with Crippen molar-refractivity contribution in [1.29, 1.82) is 0 Å². The molecule has 1 saturated heterocycles. The highest BCUT2D eigenvalue weighted by Gasteiger charge is 2.20. The quantitative estimate of drug-likeness (QED) is 0.734. The average molecular weight is 258 g/mol. The number of ether oxygens (including phenoxy) is 3. The number of hydrogen-bond acceptors (Lipinski definition) is 3. The van der Waals surface area contributed by atoms with Crippen molar-refractivity contribution in [3.8, 4) is 12.3 Å². The standard InChI is InChI=1S/C16H18O3/c1-2-10-17-15(13-16-18-11-12-19-16)9-8-14-6-4-3-5-7-14/h1,3-9,15-16H,10-13H2/b9-8+. The molecule has 1 heterocycles. The number of rotatable bonds is 6. The van der Waals surface area contributed by atoms with Gasteiger partial charge in [-0.05, 0) is 5.56 Å². The van der Waals surface area contributed by atoms with Crippen LogP contribution in [0.25, 0.3) is 6.08 Å².